The molecule has 0 bridgehead atoms. The van der Waals surface area contributed by atoms with E-state index in [0.717, 1.165) is 0 Å². The predicted molar refractivity (Wildman–Crippen MR) is 105 cm³/mol. The monoisotopic (exact) mass is 435 g/mol. The molecule has 1 amide bonds. The normalized spacial score (nSPS) is 20.5. The number of pyridine rings is 1. The van der Waals surface area contributed by atoms with Crippen LogP contribution in [-0.2, 0) is 24.7 Å². The fourth-order valence-corrected chi connectivity index (χ4v) is 6.64. The van der Waals surface area contributed by atoms with Crippen LogP contribution < -0.4 is 5.32 Å². The lowest BCUT2D eigenvalue weighted by atomic mass is 10.2. The van der Waals surface area contributed by atoms with Crippen molar-refractivity contribution >= 4 is 37.5 Å². The van der Waals surface area contributed by atoms with Crippen LogP contribution in [0.2, 0.25) is 0 Å². The summed E-state index contributed by atoms with van der Waals surface area (Å²) in [6.45, 7) is 6.00. The molecule has 1 aliphatic heterocycles. The lowest BCUT2D eigenvalue weighted by Crippen LogP contribution is -2.39. The van der Waals surface area contributed by atoms with Gasteiger partial charge in [-0.25, -0.2) is 21.8 Å². The summed E-state index contributed by atoms with van der Waals surface area (Å²) >= 11 is 1.19. The summed E-state index contributed by atoms with van der Waals surface area (Å²) in [5.74, 6) is -0.181. The van der Waals surface area contributed by atoms with Gasteiger partial charge in [0.2, 0.25) is 15.9 Å². The lowest BCUT2D eigenvalue weighted by molar-refractivity contribution is -0.120. The second-order valence-electron chi connectivity index (χ2n) is 6.29. The SMILES string of the molecule is CCN(CC)S(=O)(=O)c1ccc(SC(C)C(=O)NC2CCS(=O)(=O)C2)nc1. The Kier molecular flexibility index (Phi) is 7.28. The number of hydrogen-bond donors (Lipinski definition) is 1. The van der Waals surface area contributed by atoms with Gasteiger partial charge >= 0.3 is 0 Å². The first kappa shape index (κ1) is 22.1. The van der Waals surface area contributed by atoms with E-state index in [1.54, 1.807) is 26.8 Å². The average molecular weight is 436 g/mol. The smallest absolute Gasteiger partial charge is 0.244 e. The Balaban J connectivity index is 1.98. The van der Waals surface area contributed by atoms with Crippen LogP contribution in [0.3, 0.4) is 0 Å². The zero-order valence-corrected chi connectivity index (χ0v) is 18.0. The highest BCUT2D eigenvalue weighted by atomic mass is 32.2. The van der Waals surface area contributed by atoms with Crippen LogP contribution in [0.4, 0.5) is 0 Å². The van der Waals surface area contributed by atoms with Crippen molar-refractivity contribution in [3.8, 4) is 0 Å². The molecule has 1 saturated heterocycles. The van der Waals surface area contributed by atoms with Gasteiger partial charge in [-0.1, -0.05) is 25.6 Å². The first-order valence-corrected chi connectivity index (χ1v) is 12.9. The molecule has 2 heterocycles. The highest BCUT2D eigenvalue weighted by molar-refractivity contribution is 8.00. The van der Waals surface area contributed by atoms with Gasteiger partial charge in [-0.05, 0) is 25.5 Å². The molecule has 2 unspecified atom stereocenters. The van der Waals surface area contributed by atoms with Gasteiger partial charge in [0.1, 0.15) is 4.90 Å². The number of nitrogens with one attached hydrogen (secondary N) is 1. The van der Waals surface area contributed by atoms with Crippen LogP contribution in [0.15, 0.2) is 28.3 Å². The molecular formula is C16H25N3O5S3. The van der Waals surface area contributed by atoms with Gasteiger partial charge in [-0.2, -0.15) is 4.31 Å². The van der Waals surface area contributed by atoms with Crippen molar-refractivity contribution < 1.29 is 21.6 Å². The van der Waals surface area contributed by atoms with E-state index < -0.39 is 25.1 Å². The Morgan fingerprint density at radius 1 is 1.37 bits per heavy atom. The van der Waals surface area contributed by atoms with E-state index in [9.17, 15) is 21.6 Å². The summed E-state index contributed by atoms with van der Waals surface area (Å²) in [5.41, 5.74) is 0. The third kappa shape index (κ3) is 5.66. The van der Waals surface area contributed by atoms with Crippen LogP contribution in [0.5, 0.6) is 0 Å². The highest BCUT2D eigenvalue weighted by Gasteiger charge is 2.30. The summed E-state index contributed by atoms with van der Waals surface area (Å²) in [4.78, 5) is 16.5. The molecule has 1 aliphatic rings. The summed E-state index contributed by atoms with van der Waals surface area (Å²) in [6.07, 6.45) is 1.73. The number of nitrogens with zero attached hydrogens (tertiary/aromatic N) is 2. The van der Waals surface area contributed by atoms with Crippen LogP contribution in [-0.4, -0.2) is 67.9 Å². The van der Waals surface area contributed by atoms with Crippen LogP contribution in [0.25, 0.3) is 0 Å². The maximum atomic E-state index is 12.4. The molecule has 1 aromatic heterocycles. The summed E-state index contributed by atoms with van der Waals surface area (Å²) < 4.78 is 49.2. The molecule has 0 radical (unpaired) electrons. The molecule has 2 atom stereocenters. The number of sulfonamides is 1. The summed E-state index contributed by atoms with van der Waals surface area (Å²) in [5, 5.41) is 2.79. The fraction of sp³-hybridized carbons (Fsp3) is 0.625. The van der Waals surface area contributed by atoms with Gasteiger partial charge < -0.3 is 5.32 Å². The number of hydrogen-bond acceptors (Lipinski definition) is 7. The largest absolute Gasteiger partial charge is 0.351 e. The number of aromatic nitrogens is 1. The van der Waals surface area contributed by atoms with Crippen molar-refractivity contribution in [1.82, 2.24) is 14.6 Å². The standard InChI is InChI=1S/C16H25N3O5S3/c1-4-19(5-2)27(23,24)14-6-7-15(17-10-14)25-12(3)16(20)18-13-8-9-26(21,22)11-13/h6-7,10,12-13H,4-5,8-9,11H2,1-3H3,(H,18,20). The van der Waals surface area contributed by atoms with Crippen molar-refractivity contribution in [1.29, 1.82) is 0 Å². The van der Waals surface area contributed by atoms with Crippen molar-refractivity contribution in [2.45, 2.75) is 48.4 Å². The molecule has 1 aromatic rings. The minimum Gasteiger partial charge on any atom is -0.351 e. The number of sulfone groups is 1. The minimum absolute atomic E-state index is 0.0215. The molecule has 0 aromatic carbocycles. The Hall–Kier alpha value is -1.17. The quantitative estimate of drug-likeness (QED) is 0.603. The molecule has 11 heteroatoms. The number of carbonyl (C=O) groups is 1. The summed E-state index contributed by atoms with van der Waals surface area (Å²) in [7, 11) is -6.61. The van der Waals surface area contributed by atoms with Gasteiger partial charge in [0.15, 0.2) is 9.84 Å². The molecule has 8 nitrogen and oxygen atoms in total. The van der Waals surface area contributed by atoms with E-state index >= 15 is 0 Å². The third-order valence-electron chi connectivity index (χ3n) is 4.30. The van der Waals surface area contributed by atoms with Gasteiger partial charge in [-0.15, -0.1) is 0 Å². The van der Waals surface area contributed by atoms with Crippen molar-refractivity contribution in [3.63, 3.8) is 0 Å². The van der Waals surface area contributed by atoms with E-state index in [1.165, 1.54) is 28.3 Å². The van der Waals surface area contributed by atoms with Gasteiger partial charge in [-0.3, -0.25) is 4.79 Å². The van der Waals surface area contributed by atoms with Crippen LogP contribution in [0.1, 0.15) is 27.2 Å². The zero-order valence-electron chi connectivity index (χ0n) is 15.6. The van der Waals surface area contributed by atoms with Crippen molar-refractivity contribution in [2.75, 3.05) is 24.6 Å². The predicted octanol–water partition coefficient (Wildman–Crippen LogP) is 0.896. The van der Waals surface area contributed by atoms with Crippen LogP contribution in [0, 0.1) is 0 Å². The van der Waals surface area contributed by atoms with Crippen LogP contribution >= 0.6 is 11.8 Å². The summed E-state index contributed by atoms with van der Waals surface area (Å²) in [6, 6.07) is 2.71. The second-order valence-corrected chi connectivity index (χ2v) is 11.8. The molecule has 1 fully saturated rings. The van der Waals surface area contributed by atoms with Gasteiger partial charge in [0.25, 0.3) is 0 Å². The molecule has 2 rings (SSSR count). The zero-order chi connectivity index (χ0) is 20.2. The molecule has 0 spiro atoms. The third-order valence-corrected chi connectivity index (χ3v) is 9.15. The molecule has 152 valence electrons. The number of carbonyl (C=O) groups excluding carboxylic acids is 1. The van der Waals surface area contributed by atoms with E-state index in [1.807, 2.05) is 0 Å². The van der Waals surface area contributed by atoms with Gasteiger partial charge in [0, 0.05) is 25.3 Å². The van der Waals surface area contributed by atoms with E-state index in [4.69, 9.17) is 0 Å². The first-order chi connectivity index (χ1) is 12.6. The number of thioether (sulfide) groups is 1. The molecule has 0 saturated carbocycles. The Morgan fingerprint density at radius 2 is 2.04 bits per heavy atom. The maximum Gasteiger partial charge on any atom is 0.244 e. The highest BCUT2D eigenvalue weighted by Crippen LogP contribution is 2.24. The first-order valence-electron chi connectivity index (χ1n) is 8.72. The Bertz CT molecular complexity index is 865. The number of rotatable bonds is 8. The van der Waals surface area contributed by atoms with Crippen molar-refractivity contribution in [3.05, 3.63) is 18.3 Å². The fourth-order valence-electron chi connectivity index (χ4n) is 2.76. The van der Waals surface area contributed by atoms with Crippen molar-refractivity contribution in [2.24, 2.45) is 0 Å². The average Bonchev–Trinajstić information content (AvgIpc) is 2.94. The lowest BCUT2D eigenvalue weighted by Gasteiger charge is -2.18. The van der Waals surface area contributed by atoms with E-state index in [-0.39, 0.29) is 28.4 Å². The van der Waals surface area contributed by atoms with Gasteiger partial charge in [0.05, 0.1) is 21.8 Å². The maximum absolute atomic E-state index is 12.4. The Morgan fingerprint density at radius 3 is 2.52 bits per heavy atom. The second kappa shape index (κ2) is 8.89. The molecular weight excluding hydrogens is 410 g/mol. The van der Waals surface area contributed by atoms with E-state index in [2.05, 4.69) is 10.3 Å². The van der Waals surface area contributed by atoms with E-state index in [0.29, 0.717) is 24.5 Å². The molecule has 1 N–H and O–H groups in total. The minimum atomic E-state index is -3.56. The topological polar surface area (TPSA) is 114 Å². The molecule has 27 heavy (non-hydrogen) atoms. The number of amides is 1. The molecule has 0 aliphatic carbocycles. The Labute approximate surface area is 165 Å².